The predicted octanol–water partition coefficient (Wildman–Crippen LogP) is 2.40. The lowest BCUT2D eigenvalue weighted by atomic mass is 9.59. The standard InChI is InChI=1S/C47H56N10O8/c1-56-12-8-31(9-13-56)65-45(63)57-25-46(22-38(57)44(62)52-30(23-48)14-26-6-10-50-40(26)58)18-29(19-46)32-15-28(32)16-36(54-42(60)37-17-33-35(53-37)4-3-5-39(33)64-2)43(61)55-47(24-49)20-27-7-11-51-41(59)34(27)21-47/h3-5,7,11,17,26,28-32,36,38,53H,6,8-10,12-16,18-22,25H2,1-2H3,(H,50,58)(H,51,59)(H,52,62)(H,54,60)(H,55,61)/t26?,28?,29?,30?,32?,36-,38?,46?,47-/m0/s1. The predicted molar refractivity (Wildman–Crippen MR) is 234 cm³/mol. The van der Waals surface area contributed by atoms with E-state index in [-0.39, 0.29) is 71.6 Å². The average Bonchev–Trinajstić information content (AvgIpc) is 3.68. The molecule has 2 saturated carbocycles. The van der Waals surface area contributed by atoms with Gasteiger partial charge in [-0.2, -0.15) is 10.5 Å². The Bertz CT molecular complexity index is 2530. The van der Waals surface area contributed by atoms with E-state index in [0.29, 0.717) is 73.0 Å². The first-order valence-electron chi connectivity index (χ1n) is 22.8. The maximum Gasteiger partial charge on any atom is 0.410 e. The Morgan fingerprint density at radius 2 is 1.82 bits per heavy atom. The van der Waals surface area contributed by atoms with Crippen molar-refractivity contribution in [2.24, 2.45) is 29.1 Å². The molecule has 18 heteroatoms. The monoisotopic (exact) mass is 888 g/mol. The van der Waals surface area contributed by atoms with Crippen molar-refractivity contribution in [1.29, 1.82) is 10.5 Å². The number of benzene rings is 1. The summed E-state index contributed by atoms with van der Waals surface area (Å²) in [4.78, 5) is 90.5. The van der Waals surface area contributed by atoms with Crippen LogP contribution >= 0.6 is 0 Å². The molecule has 3 aliphatic carbocycles. The molecule has 5 amide bonds. The number of fused-ring (bicyclic) bond motifs is 2. The van der Waals surface area contributed by atoms with Crippen LogP contribution in [-0.4, -0.2) is 120 Å². The highest BCUT2D eigenvalue weighted by Crippen LogP contribution is 2.63. The fourth-order valence-electron chi connectivity index (χ4n) is 11.4. The molecule has 6 aliphatic rings. The van der Waals surface area contributed by atoms with Crippen LogP contribution in [0.15, 0.2) is 41.3 Å². The lowest BCUT2D eigenvalue weighted by molar-refractivity contribution is -0.127. The Balaban J connectivity index is 0.883. The van der Waals surface area contributed by atoms with Crippen LogP contribution < -0.4 is 31.6 Å². The van der Waals surface area contributed by atoms with Gasteiger partial charge in [0.05, 0.1) is 19.2 Å². The first-order chi connectivity index (χ1) is 31.3. The molecule has 5 unspecified atom stereocenters. The Labute approximate surface area is 376 Å². The normalized spacial score (nSPS) is 29.1. The summed E-state index contributed by atoms with van der Waals surface area (Å²) in [5, 5.41) is 32.6. The van der Waals surface area contributed by atoms with E-state index in [1.54, 1.807) is 30.2 Å². The molecule has 342 valence electrons. The van der Waals surface area contributed by atoms with E-state index in [1.807, 2.05) is 19.2 Å². The van der Waals surface area contributed by atoms with Crippen molar-refractivity contribution in [3.8, 4) is 17.9 Å². The van der Waals surface area contributed by atoms with Gasteiger partial charge in [0.15, 0.2) is 0 Å². The highest BCUT2D eigenvalue weighted by atomic mass is 16.6. The number of rotatable bonds is 13. The number of methoxy groups -OCH3 is 1. The lowest BCUT2D eigenvalue weighted by Gasteiger charge is -2.46. The Morgan fingerprint density at radius 1 is 1.02 bits per heavy atom. The molecule has 3 aromatic rings. The molecule has 18 nitrogen and oxygen atoms in total. The van der Waals surface area contributed by atoms with Crippen LogP contribution in [-0.2, 0) is 32.0 Å². The van der Waals surface area contributed by atoms with Gasteiger partial charge in [-0.15, -0.1) is 0 Å². The molecule has 2 aromatic heterocycles. The maximum atomic E-state index is 14.3. The summed E-state index contributed by atoms with van der Waals surface area (Å²) in [5.41, 5.74) is 0.0683. The first kappa shape index (κ1) is 43.8. The molecular formula is C47H56N10O8. The summed E-state index contributed by atoms with van der Waals surface area (Å²) < 4.78 is 11.5. The molecule has 5 heterocycles. The van der Waals surface area contributed by atoms with Crippen molar-refractivity contribution in [2.45, 2.75) is 100 Å². The van der Waals surface area contributed by atoms with Gasteiger partial charge in [-0.25, -0.2) is 4.79 Å². The van der Waals surface area contributed by atoms with Gasteiger partial charge in [-0.3, -0.25) is 28.9 Å². The van der Waals surface area contributed by atoms with Crippen LogP contribution in [0.5, 0.6) is 5.75 Å². The molecule has 7 atom stereocenters. The molecule has 6 N–H and O–H groups in total. The number of carbonyl (C=O) groups is 5. The van der Waals surface area contributed by atoms with E-state index in [1.165, 1.54) is 6.20 Å². The number of likely N-dealkylation sites (tertiary alicyclic amines) is 2. The second-order valence-electron chi connectivity index (χ2n) is 19.5. The van der Waals surface area contributed by atoms with Crippen molar-refractivity contribution >= 4 is 40.6 Å². The van der Waals surface area contributed by atoms with E-state index in [0.717, 1.165) is 32.4 Å². The van der Waals surface area contributed by atoms with Gasteiger partial charge in [0.2, 0.25) is 17.7 Å². The number of aromatic amines is 2. The van der Waals surface area contributed by atoms with Gasteiger partial charge in [-0.05, 0) is 118 Å². The van der Waals surface area contributed by atoms with Gasteiger partial charge in [-0.1, -0.05) is 6.07 Å². The lowest BCUT2D eigenvalue weighted by Crippen LogP contribution is -2.56. The second-order valence-corrected chi connectivity index (χ2v) is 19.5. The van der Waals surface area contributed by atoms with Crippen LogP contribution in [0.25, 0.3) is 10.9 Å². The van der Waals surface area contributed by atoms with Crippen LogP contribution in [0.1, 0.15) is 79.4 Å². The summed E-state index contributed by atoms with van der Waals surface area (Å²) in [6.45, 7) is 2.47. The van der Waals surface area contributed by atoms with Crippen molar-refractivity contribution in [3.05, 3.63) is 63.7 Å². The van der Waals surface area contributed by atoms with E-state index in [9.17, 15) is 39.3 Å². The van der Waals surface area contributed by atoms with Gasteiger partial charge in [0.25, 0.3) is 11.5 Å². The molecule has 3 aliphatic heterocycles. The zero-order chi connectivity index (χ0) is 45.6. The summed E-state index contributed by atoms with van der Waals surface area (Å²) in [6.07, 6.45) is 6.17. The van der Waals surface area contributed by atoms with Crippen LogP contribution in [0.4, 0.5) is 4.79 Å². The molecule has 9 rings (SSSR count). The number of nitriles is 2. The van der Waals surface area contributed by atoms with Gasteiger partial charge in [0.1, 0.15) is 41.2 Å². The number of nitrogens with zero attached hydrogens (tertiary/aromatic N) is 4. The SMILES string of the molecule is COc1cccc2[nH]c(C(=O)N[C@@H](CC3CC3C3CC4(C3)CC(C(=O)NC(C#N)CC3CCNC3=O)N(C(=O)OC3CCN(C)CC3)C4)C(=O)N[C@@]3(C#N)Cc4cc[nH]c(=O)c4C3)cc12. The average molecular weight is 889 g/mol. The van der Waals surface area contributed by atoms with Crippen molar-refractivity contribution in [1.82, 2.24) is 41.0 Å². The Hall–Kier alpha value is -6.40. The van der Waals surface area contributed by atoms with Gasteiger partial charge < -0.3 is 45.6 Å². The number of hydrogen-bond donors (Lipinski definition) is 6. The molecular weight excluding hydrogens is 833 g/mol. The smallest absolute Gasteiger partial charge is 0.410 e. The minimum Gasteiger partial charge on any atom is -0.496 e. The van der Waals surface area contributed by atoms with Crippen molar-refractivity contribution in [3.63, 3.8) is 0 Å². The minimum atomic E-state index is -1.36. The van der Waals surface area contributed by atoms with Gasteiger partial charge >= 0.3 is 6.09 Å². The molecule has 1 aromatic carbocycles. The Kier molecular flexibility index (Phi) is 11.8. The molecule has 0 radical (unpaired) electrons. The summed E-state index contributed by atoms with van der Waals surface area (Å²) in [5.74, 6) is -0.777. The largest absolute Gasteiger partial charge is 0.496 e. The highest BCUT2D eigenvalue weighted by molar-refractivity contribution is 6.01. The fourth-order valence-corrected chi connectivity index (χ4v) is 11.4. The Morgan fingerprint density at radius 3 is 2.52 bits per heavy atom. The zero-order valence-electron chi connectivity index (χ0n) is 36.7. The minimum absolute atomic E-state index is 0.0376. The van der Waals surface area contributed by atoms with E-state index < -0.39 is 47.5 Å². The maximum absolute atomic E-state index is 14.3. The topological polar surface area (TPSA) is 255 Å². The third kappa shape index (κ3) is 8.88. The number of H-pyrrole nitrogens is 2. The number of carbonyl (C=O) groups excluding carboxylic acids is 5. The van der Waals surface area contributed by atoms with Crippen LogP contribution in [0.2, 0.25) is 0 Å². The number of amides is 5. The van der Waals surface area contributed by atoms with E-state index in [4.69, 9.17) is 9.47 Å². The van der Waals surface area contributed by atoms with Crippen molar-refractivity contribution < 1.29 is 33.4 Å². The van der Waals surface area contributed by atoms with Gasteiger partial charge in [0, 0.05) is 67.6 Å². The van der Waals surface area contributed by atoms with E-state index in [2.05, 4.69) is 48.3 Å². The third-order valence-corrected chi connectivity index (χ3v) is 15.1. The summed E-state index contributed by atoms with van der Waals surface area (Å²) in [6, 6.07) is 10.5. The number of nitrogens with one attached hydrogen (secondary N) is 6. The summed E-state index contributed by atoms with van der Waals surface area (Å²) in [7, 11) is 3.58. The number of ether oxygens (including phenoxy) is 2. The molecule has 0 bridgehead atoms. The van der Waals surface area contributed by atoms with Crippen LogP contribution in [0.3, 0.4) is 0 Å². The molecule has 5 fully saturated rings. The fraction of sp³-hybridized carbons (Fsp3) is 0.574. The van der Waals surface area contributed by atoms with Crippen LogP contribution in [0, 0.1) is 51.7 Å². The van der Waals surface area contributed by atoms with Crippen molar-refractivity contribution in [2.75, 3.05) is 40.3 Å². The quantitative estimate of drug-likeness (QED) is 0.145. The molecule has 3 saturated heterocycles. The molecule has 65 heavy (non-hydrogen) atoms. The number of piperidine rings is 1. The number of aromatic nitrogens is 2. The number of hydrogen-bond acceptors (Lipinski definition) is 11. The summed E-state index contributed by atoms with van der Waals surface area (Å²) >= 11 is 0. The third-order valence-electron chi connectivity index (χ3n) is 15.1. The number of pyridine rings is 1. The van der Waals surface area contributed by atoms with E-state index >= 15 is 0 Å². The zero-order valence-corrected chi connectivity index (χ0v) is 36.7. The first-order valence-corrected chi connectivity index (χ1v) is 22.8. The second kappa shape index (κ2) is 17.5. The highest BCUT2D eigenvalue weighted by Gasteiger charge is 2.60. The molecule has 1 spiro atoms.